The largest absolute Gasteiger partial charge is 0.325 e. The van der Waals surface area contributed by atoms with Crippen molar-refractivity contribution in [2.75, 3.05) is 16.4 Å². The van der Waals surface area contributed by atoms with E-state index in [0.717, 1.165) is 4.90 Å². The van der Waals surface area contributed by atoms with E-state index in [1.54, 1.807) is 60.7 Å². The van der Waals surface area contributed by atoms with Crippen molar-refractivity contribution < 1.29 is 18.8 Å². The summed E-state index contributed by atoms with van der Waals surface area (Å²) in [5.41, 5.74) is 1.22. The lowest BCUT2D eigenvalue weighted by Gasteiger charge is -2.13. The predicted octanol–water partition coefficient (Wildman–Crippen LogP) is 6.62. The Morgan fingerprint density at radius 3 is 2.18 bits per heavy atom. The van der Waals surface area contributed by atoms with Crippen LogP contribution >= 0.6 is 23.4 Å². The Kier molecular flexibility index (Phi) is 9.50. The molecule has 0 aliphatic carbocycles. The van der Waals surface area contributed by atoms with Crippen molar-refractivity contribution in [3.8, 4) is 0 Å². The summed E-state index contributed by atoms with van der Waals surface area (Å²) in [6.07, 6.45) is 1.19. The quantitative estimate of drug-likeness (QED) is 0.159. The fourth-order valence-electron chi connectivity index (χ4n) is 3.46. The molecular formula is C30H23ClFN3O3S. The third-order valence-corrected chi connectivity index (χ3v) is 6.66. The molecule has 9 heteroatoms. The minimum Gasteiger partial charge on any atom is -0.325 e. The second-order valence-corrected chi connectivity index (χ2v) is 9.65. The lowest BCUT2D eigenvalue weighted by atomic mass is 10.1. The zero-order valence-corrected chi connectivity index (χ0v) is 22.1. The molecule has 4 aromatic rings. The standard InChI is InChI=1S/C30H23ClFN3O3S/c31-25-15-8-16-26(32)24(25)18-27(35-29(37)20-9-3-1-4-10-20)30(38)34-22-13-7-14-23(17-22)39-19-28(36)33-21-11-5-2-6-12-21/h1-18H,19H2,(H,33,36)(H,34,38)(H,35,37)/b27-18+. The van der Waals surface area contributed by atoms with Crippen molar-refractivity contribution in [3.05, 3.63) is 131 Å². The van der Waals surface area contributed by atoms with Crippen LogP contribution in [0.2, 0.25) is 5.02 Å². The molecular weight excluding hydrogens is 537 g/mol. The number of benzene rings is 4. The Hall–Kier alpha value is -4.40. The first-order valence-corrected chi connectivity index (χ1v) is 13.2. The smallest absolute Gasteiger partial charge is 0.272 e. The topological polar surface area (TPSA) is 87.3 Å². The minimum atomic E-state index is -0.678. The summed E-state index contributed by atoms with van der Waals surface area (Å²) in [7, 11) is 0. The molecule has 3 N–H and O–H groups in total. The van der Waals surface area contributed by atoms with Crippen LogP contribution < -0.4 is 16.0 Å². The van der Waals surface area contributed by atoms with Gasteiger partial charge in [0.05, 0.1) is 10.8 Å². The molecule has 196 valence electrons. The van der Waals surface area contributed by atoms with Gasteiger partial charge in [-0.1, -0.05) is 60.1 Å². The Labute approximate surface area is 234 Å². The molecule has 0 fully saturated rings. The Morgan fingerprint density at radius 2 is 1.46 bits per heavy atom. The molecule has 4 rings (SSSR count). The number of thioether (sulfide) groups is 1. The molecule has 0 unspecified atom stereocenters. The summed E-state index contributed by atoms with van der Waals surface area (Å²) < 4.78 is 14.5. The molecule has 0 heterocycles. The number of hydrogen-bond acceptors (Lipinski definition) is 4. The van der Waals surface area contributed by atoms with Crippen LogP contribution in [0.25, 0.3) is 6.08 Å². The summed E-state index contributed by atoms with van der Waals surface area (Å²) >= 11 is 7.46. The fourth-order valence-corrected chi connectivity index (χ4v) is 4.44. The van der Waals surface area contributed by atoms with Gasteiger partial charge in [-0.2, -0.15) is 0 Å². The average Bonchev–Trinajstić information content (AvgIpc) is 2.94. The van der Waals surface area contributed by atoms with Gasteiger partial charge in [0.15, 0.2) is 0 Å². The highest BCUT2D eigenvalue weighted by Crippen LogP contribution is 2.24. The summed E-state index contributed by atoms with van der Waals surface area (Å²) in [5, 5.41) is 8.19. The van der Waals surface area contributed by atoms with Crippen LogP contribution in [0.3, 0.4) is 0 Å². The Morgan fingerprint density at radius 1 is 0.795 bits per heavy atom. The summed E-state index contributed by atoms with van der Waals surface area (Å²) in [5.74, 6) is -1.87. The third-order valence-electron chi connectivity index (χ3n) is 5.34. The van der Waals surface area contributed by atoms with Gasteiger partial charge in [0.1, 0.15) is 11.5 Å². The second-order valence-electron chi connectivity index (χ2n) is 8.20. The first-order valence-electron chi connectivity index (χ1n) is 11.8. The van der Waals surface area contributed by atoms with E-state index in [0.29, 0.717) is 16.9 Å². The molecule has 0 saturated carbocycles. The van der Waals surface area contributed by atoms with Crippen LogP contribution in [0.5, 0.6) is 0 Å². The van der Waals surface area contributed by atoms with Crippen LogP contribution in [0.1, 0.15) is 15.9 Å². The fraction of sp³-hybridized carbons (Fsp3) is 0.0333. The van der Waals surface area contributed by atoms with E-state index in [1.165, 1.54) is 36.0 Å². The maximum atomic E-state index is 14.5. The van der Waals surface area contributed by atoms with E-state index in [9.17, 15) is 18.8 Å². The van der Waals surface area contributed by atoms with Gasteiger partial charge in [-0.05, 0) is 60.7 Å². The van der Waals surface area contributed by atoms with Gasteiger partial charge < -0.3 is 16.0 Å². The van der Waals surface area contributed by atoms with Crippen molar-refractivity contribution in [1.29, 1.82) is 0 Å². The van der Waals surface area contributed by atoms with Crippen LogP contribution in [-0.2, 0) is 9.59 Å². The molecule has 39 heavy (non-hydrogen) atoms. The maximum Gasteiger partial charge on any atom is 0.272 e. The van der Waals surface area contributed by atoms with E-state index in [2.05, 4.69) is 16.0 Å². The summed E-state index contributed by atoms with van der Waals surface area (Å²) in [6, 6.07) is 28.5. The van der Waals surface area contributed by atoms with Gasteiger partial charge >= 0.3 is 0 Å². The first kappa shape index (κ1) is 27.6. The zero-order valence-electron chi connectivity index (χ0n) is 20.5. The van der Waals surface area contributed by atoms with Gasteiger partial charge in [-0.15, -0.1) is 11.8 Å². The molecule has 0 spiro atoms. The van der Waals surface area contributed by atoms with E-state index < -0.39 is 17.6 Å². The molecule has 3 amide bonds. The average molecular weight is 560 g/mol. The van der Waals surface area contributed by atoms with Crippen molar-refractivity contribution in [2.24, 2.45) is 0 Å². The summed E-state index contributed by atoms with van der Waals surface area (Å²) in [6.45, 7) is 0. The Balaban J connectivity index is 1.49. The van der Waals surface area contributed by atoms with E-state index >= 15 is 0 Å². The zero-order chi connectivity index (χ0) is 27.6. The molecule has 0 aliphatic heterocycles. The highest BCUT2D eigenvalue weighted by Gasteiger charge is 2.17. The van der Waals surface area contributed by atoms with Gasteiger partial charge in [-0.3, -0.25) is 14.4 Å². The first-order chi connectivity index (χ1) is 18.9. The van der Waals surface area contributed by atoms with E-state index in [1.807, 2.05) is 24.3 Å². The monoisotopic (exact) mass is 559 g/mol. The number of nitrogens with one attached hydrogen (secondary N) is 3. The number of halogens is 2. The molecule has 0 aromatic heterocycles. The molecule has 0 atom stereocenters. The number of anilines is 2. The Bertz CT molecular complexity index is 1490. The van der Waals surface area contributed by atoms with Crippen molar-refractivity contribution >= 4 is 58.5 Å². The predicted molar refractivity (Wildman–Crippen MR) is 154 cm³/mol. The lowest BCUT2D eigenvalue weighted by molar-refractivity contribution is -0.114. The lowest BCUT2D eigenvalue weighted by Crippen LogP contribution is -2.30. The van der Waals surface area contributed by atoms with Crippen LogP contribution in [0.4, 0.5) is 15.8 Å². The second kappa shape index (κ2) is 13.4. The molecule has 6 nitrogen and oxygen atoms in total. The van der Waals surface area contributed by atoms with Crippen molar-refractivity contribution in [3.63, 3.8) is 0 Å². The number of carbonyl (C=O) groups is 3. The highest BCUT2D eigenvalue weighted by molar-refractivity contribution is 8.00. The SMILES string of the molecule is O=C(CSc1cccc(NC(=O)/C(=C\c2c(F)cccc2Cl)NC(=O)c2ccccc2)c1)Nc1ccccc1. The molecule has 4 aromatic carbocycles. The molecule has 0 aliphatic rings. The van der Waals surface area contributed by atoms with Gasteiger partial charge in [0, 0.05) is 27.4 Å². The number of rotatable bonds is 9. The minimum absolute atomic E-state index is 0.0357. The van der Waals surface area contributed by atoms with Crippen LogP contribution in [-0.4, -0.2) is 23.5 Å². The number of hydrogen-bond donors (Lipinski definition) is 3. The molecule has 0 radical (unpaired) electrons. The van der Waals surface area contributed by atoms with Crippen LogP contribution in [0.15, 0.2) is 114 Å². The normalized spacial score (nSPS) is 11.0. The number of carbonyl (C=O) groups excluding carboxylic acids is 3. The van der Waals surface area contributed by atoms with Crippen molar-refractivity contribution in [2.45, 2.75) is 4.90 Å². The molecule has 0 saturated heterocycles. The van der Waals surface area contributed by atoms with Crippen molar-refractivity contribution in [1.82, 2.24) is 5.32 Å². The highest BCUT2D eigenvalue weighted by atomic mass is 35.5. The van der Waals surface area contributed by atoms with Gasteiger partial charge in [-0.25, -0.2) is 4.39 Å². The van der Waals surface area contributed by atoms with Gasteiger partial charge in [0.25, 0.3) is 11.8 Å². The third kappa shape index (κ3) is 8.04. The number of amides is 3. The summed E-state index contributed by atoms with van der Waals surface area (Å²) in [4.78, 5) is 39.1. The van der Waals surface area contributed by atoms with Gasteiger partial charge in [0.2, 0.25) is 5.91 Å². The molecule has 0 bridgehead atoms. The number of para-hydroxylation sites is 1. The van der Waals surface area contributed by atoms with E-state index in [-0.39, 0.29) is 27.9 Å². The van der Waals surface area contributed by atoms with Crippen LogP contribution in [0, 0.1) is 5.82 Å². The van der Waals surface area contributed by atoms with E-state index in [4.69, 9.17) is 11.6 Å². The maximum absolute atomic E-state index is 14.5.